The van der Waals surface area contributed by atoms with Crippen molar-refractivity contribution >= 4 is 5.91 Å². The number of ether oxygens (including phenoxy) is 1. The number of nitrogens with zero attached hydrogens (tertiary/aromatic N) is 1. The van der Waals surface area contributed by atoms with Gasteiger partial charge in [-0.15, -0.1) is 0 Å². The number of H-pyrrole nitrogens is 1. The van der Waals surface area contributed by atoms with E-state index in [0.29, 0.717) is 13.2 Å². The van der Waals surface area contributed by atoms with Crippen molar-refractivity contribution in [2.75, 3.05) is 13.2 Å². The SMILES string of the molecule is O=C(NCCc1ncc[nH]1)C1CCCO1. The van der Waals surface area contributed by atoms with Crippen LogP contribution in [0.4, 0.5) is 0 Å². The topological polar surface area (TPSA) is 67.0 Å². The number of rotatable bonds is 4. The molecule has 0 bridgehead atoms. The van der Waals surface area contributed by atoms with Crippen LogP contribution in [0.3, 0.4) is 0 Å². The van der Waals surface area contributed by atoms with E-state index in [1.54, 1.807) is 12.4 Å². The summed E-state index contributed by atoms with van der Waals surface area (Å²) >= 11 is 0. The maximum atomic E-state index is 11.5. The Morgan fingerprint density at radius 1 is 1.73 bits per heavy atom. The van der Waals surface area contributed by atoms with Crippen LogP contribution in [-0.4, -0.2) is 35.1 Å². The van der Waals surface area contributed by atoms with E-state index in [2.05, 4.69) is 15.3 Å². The van der Waals surface area contributed by atoms with Gasteiger partial charge < -0.3 is 15.0 Å². The molecule has 2 N–H and O–H groups in total. The number of imidazole rings is 1. The highest BCUT2D eigenvalue weighted by Gasteiger charge is 2.22. The summed E-state index contributed by atoms with van der Waals surface area (Å²) in [6.07, 6.45) is 5.80. The van der Waals surface area contributed by atoms with Crippen molar-refractivity contribution in [2.45, 2.75) is 25.4 Å². The fourth-order valence-electron chi connectivity index (χ4n) is 1.64. The number of carbonyl (C=O) groups is 1. The number of amides is 1. The van der Waals surface area contributed by atoms with E-state index in [1.807, 2.05) is 0 Å². The number of carbonyl (C=O) groups excluding carboxylic acids is 1. The molecule has 5 heteroatoms. The van der Waals surface area contributed by atoms with Crippen LogP contribution in [0.1, 0.15) is 18.7 Å². The minimum Gasteiger partial charge on any atom is -0.368 e. The van der Waals surface area contributed by atoms with Crippen LogP contribution in [0.15, 0.2) is 12.4 Å². The van der Waals surface area contributed by atoms with Crippen LogP contribution in [0.25, 0.3) is 0 Å². The minimum atomic E-state index is -0.235. The monoisotopic (exact) mass is 209 g/mol. The van der Waals surface area contributed by atoms with E-state index in [0.717, 1.165) is 25.1 Å². The molecular formula is C10H15N3O2. The Balaban J connectivity index is 1.67. The van der Waals surface area contributed by atoms with Crippen LogP contribution in [0, 0.1) is 0 Å². The van der Waals surface area contributed by atoms with Gasteiger partial charge in [0.2, 0.25) is 5.91 Å². The quantitative estimate of drug-likeness (QED) is 0.746. The van der Waals surface area contributed by atoms with Crippen molar-refractivity contribution in [2.24, 2.45) is 0 Å². The zero-order chi connectivity index (χ0) is 10.5. The standard InChI is InChI=1S/C10H15N3O2/c14-10(8-2-1-7-15-8)13-4-3-9-11-5-6-12-9/h5-6,8H,1-4,7H2,(H,11,12)(H,13,14). The second-order valence-corrected chi connectivity index (χ2v) is 3.58. The largest absolute Gasteiger partial charge is 0.368 e. The van der Waals surface area contributed by atoms with E-state index in [9.17, 15) is 4.79 Å². The van der Waals surface area contributed by atoms with Crippen LogP contribution in [0.2, 0.25) is 0 Å². The third kappa shape index (κ3) is 2.79. The minimum absolute atomic E-state index is 0.000874. The normalized spacial score (nSPS) is 20.4. The van der Waals surface area contributed by atoms with E-state index in [-0.39, 0.29) is 12.0 Å². The number of nitrogens with one attached hydrogen (secondary N) is 2. The highest BCUT2D eigenvalue weighted by molar-refractivity contribution is 5.80. The zero-order valence-electron chi connectivity index (χ0n) is 8.53. The summed E-state index contributed by atoms with van der Waals surface area (Å²) < 4.78 is 5.27. The van der Waals surface area contributed by atoms with E-state index >= 15 is 0 Å². The molecule has 1 aliphatic heterocycles. The van der Waals surface area contributed by atoms with Crippen molar-refractivity contribution in [3.8, 4) is 0 Å². The summed E-state index contributed by atoms with van der Waals surface area (Å²) in [5, 5.41) is 2.84. The molecular weight excluding hydrogens is 194 g/mol. The van der Waals surface area contributed by atoms with Gasteiger partial charge in [0.05, 0.1) is 0 Å². The summed E-state index contributed by atoms with van der Waals surface area (Å²) in [4.78, 5) is 18.6. The molecule has 1 fully saturated rings. The van der Waals surface area contributed by atoms with Crippen molar-refractivity contribution in [3.05, 3.63) is 18.2 Å². The van der Waals surface area contributed by atoms with E-state index in [1.165, 1.54) is 0 Å². The molecule has 5 nitrogen and oxygen atoms in total. The highest BCUT2D eigenvalue weighted by Crippen LogP contribution is 2.11. The molecule has 1 aliphatic rings. The Morgan fingerprint density at radius 3 is 3.33 bits per heavy atom. The van der Waals surface area contributed by atoms with Gasteiger partial charge in [0.1, 0.15) is 11.9 Å². The first-order valence-electron chi connectivity index (χ1n) is 5.24. The summed E-state index contributed by atoms with van der Waals surface area (Å²) in [7, 11) is 0. The molecule has 0 aliphatic carbocycles. The Kier molecular flexibility index (Phi) is 3.34. The smallest absolute Gasteiger partial charge is 0.249 e. The number of aromatic amines is 1. The first kappa shape index (κ1) is 10.2. The van der Waals surface area contributed by atoms with Gasteiger partial charge in [-0.3, -0.25) is 4.79 Å². The molecule has 15 heavy (non-hydrogen) atoms. The lowest BCUT2D eigenvalue weighted by Crippen LogP contribution is -2.35. The molecule has 0 aromatic carbocycles. The average molecular weight is 209 g/mol. The number of aromatic nitrogens is 2. The fraction of sp³-hybridized carbons (Fsp3) is 0.600. The second-order valence-electron chi connectivity index (χ2n) is 3.58. The Bertz CT molecular complexity index is 304. The molecule has 1 saturated heterocycles. The molecule has 2 heterocycles. The Hall–Kier alpha value is -1.36. The van der Waals surface area contributed by atoms with Crippen LogP contribution in [-0.2, 0) is 16.0 Å². The van der Waals surface area contributed by atoms with Gasteiger partial charge in [0.15, 0.2) is 0 Å². The Morgan fingerprint density at radius 2 is 2.67 bits per heavy atom. The van der Waals surface area contributed by atoms with Gasteiger partial charge in [-0.05, 0) is 12.8 Å². The first-order valence-corrected chi connectivity index (χ1v) is 5.24. The summed E-state index contributed by atoms with van der Waals surface area (Å²) in [5.41, 5.74) is 0. The van der Waals surface area contributed by atoms with Crippen LogP contribution >= 0.6 is 0 Å². The predicted octanol–water partition coefficient (Wildman–Crippen LogP) is 0.247. The molecule has 1 unspecified atom stereocenters. The average Bonchev–Trinajstić information content (AvgIpc) is 2.90. The maximum absolute atomic E-state index is 11.5. The van der Waals surface area contributed by atoms with Crippen molar-refractivity contribution in [1.29, 1.82) is 0 Å². The van der Waals surface area contributed by atoms with E-state index in [4.69, 9.17) is 4.74 Å². The van der Waals surface area contributed by atoms with Crippen LogP contribution in [0.5, 0.6) is 0 Å². The van der Waals surface area contributed by atoms with Gasteiger partial charge in [-0.2, -0.15) is 0 Å². The van der Waals surface area contributed by atoms with Crippen molar-refractivity contribution in [3.63, 3.8) is 0 Å². The van der Waals surface area contributed by atoms with Gasteiger partial charge in [0.25, 0.3) is 0 Å². The first-order chi connectivity index (χ1) is 7.36. The molecule has 2 rings (SSSR count). The summed E-state index contributed by atoms with van der Waals surface area (Å²) in [6.45, 7) is 1.31. The fourth-order valence-corrected chi connectivity index (χ4v) is 1.64. The predicted molar refractivity (Wildman–Crippen MR) is 54.3 cm³/mol. The van der Waals surface area contributed by atoms with Gasteiger partial charge in [-0.25, -0.2) is 4.98 Å². The molecule has 0 saturated carbocycles. The van der Waals surface area contributed by atoms with Gasteiger partial charge in [0, 0.05) is 32.0 Å². The number of hydrogen-bond acceptors (Lipinski definition) is 3. The van der Waals surface area contributed by atoms with Gasteiger partial charge >= 0.3 is 0 Å². The van der Waals surface area contributed by atoms with Crippen molar-refractivity contribution < 1.29 is 9.53 Å². The third-order valence-electron chi connectivity index (χ3n) is 2.44. The lowest BCUT2D eigenvalue weighted by Gasteiger charge is -2.09. The molecule has 0 radical (unpaired) electrons. The molecule has 1 aromatic heterocycles. The molecule has 1 aromatic rings. The molecule has 0 spiro atoms. The highest BCUT2D eigenvalue weighted by atomic mass is 16.5. The number of hydrogen-bond donors (Lipinski definition) is 2. The Labute approximate surface area is 88.2 Å². The second kappa shape index (κ2) is 4.93. The maximum Gasteiger partial charge on any atom is 0.249 e. The summed E-state index contributed by atoms with van der Waals surface area (Å²) in [6, 6.07) is 0. The van der Waals surface area contributed by atoms with Crippen molar-refractivity contribution in [1.82, 2.24) is 15.3 Å². The van der Waals surface area contributed by atoms with Gasteiger partial charge in [-0.1, -0.05) is 0 Å². The molecule has 1 amide bonds. The van der Waals surface area contributed by atoms with Crippen LogP contribution < -0.4 is 5.32 Å². The van der Waals surface area contributed by atoms with E-state index < -0.39 is 0 Å². The molecule has 82 valence electrons. The zero-order valence-corrected chi connectivity index (χ0v) is 8.53. The summed E-state index contributed by atoms with van der Waals surface area (Å²) in [5.74, 6) is 0.890. The lowest BCUT2D eigenvalue weighted by molar-refractivity contribution is -0.129. The molecule has 1 atom stereocenters. The lowest BCUT2D eigenvalue weighted by atomic mass is 10.2. The third-order valence-corrected chi connectivity index (χ3v) is 2.44.